The molecular formula is C18H21ClN2O. The second-order valence-corrected chi connectivity index (χ2v) is 6.20. The van der Waals surface area contributed by atoms with Gasteiger partial charge in [-0.2, -0.15) is 0 Å². The summed E-state index contributed by atoms with van der Waals surface area (Å²) in [6.07, 6.45) is 0. The molecule has 4 heteroatoms. The molecule has 0 aliphatic carbocycles. The molecule has 2 amide bonds. The van der Waals surface area contributed by atoms with E-state index in [1.807, 2.05) is 32.0 Å². The molecule has 0 aromatic heterocycles. The summed E-state index contributed by atoms with van der Waals surface area (Å²) in [7, 11) is 0. The summed E-state index contributed by atoms with van der Waals surface area (Å²) in [5.74, 6) is 0.416. The first-order chi connectivity index (χ1) is 10.4. The number of nitrogens with one attached hydrogen (secondary N) is 2. The molecule has 22 heavy (non-hydrogen) atoms. The molecule has 0 radical (unpaired) electrons. The van der Waals surface area contributed by atoms with Gasteiger partial charge in [-0.3, -0.25) is 0 Å². The first kappa shape index (κ1) is 16.4. The van der Waals surface area contributed by atoms with Crippen molar-refractivity contribution >= 4 is 29.0 Å². The molecule has 0 saturated carbocycles. The summed E-state index contributed by atoms with van der Waals surface area (Å²) in [5, 5.41) is 6.34. The van der Waals surface area contributed by atoms with E-state index >= 15 is 0 Å². The number of halogens is 1. The van der Waals surface area contributed by atoms with E-state index in [9.17, 15) is 4.79 Å². The van der Waals surface area contributed by atoms with E-state index in [0.717, 1.165) is 16.8 Å². The van der Waals surface area contributed by atoms with Crippen molar-refractivity contribution in [3.8, 4) is 0 Å². The molecule has 3 nitrogen and oxygen atoms in total. The van der Waals surface area contributed by atoms with Crippen LogP contribution in [0.25, 0.3) is 0 Å². The maximum Gasteiger partial charge on any atom is 0.323 e. The SMILES string of the molecule is Cc1ccc(Cl)cc1NC(=O)Nc1cc(C(C)C)ccc1C. The Morgan fingerprint density at radius 1 is 0.955 bits per heavy atom. The van der Waals surface area contributed by atoms with Crippen LogP contribution >= 0.6 is 11.6 Å². The second kappa shape index (κ2) is 6.84. The number of hydrogen-bond acceptors (Lipinski definition) is 1. The van der Waals surface area contributed by atoms with Crippen LogP contribution in [0.2, 0.25) is 5.02 Å². The highest BCUT2D eigenvalue weighted by Crippen LogP contribution is 2.24. The van der Waals surface area contributed by atoms with E-state index in [1.54, 1.807) is 12.1 Å². The summed E-state index contributed by atoms with van der Waals surface area (Å²) in [6.45, 7) is 8.16. The van der Waals surface area contributed by atoms with Gasteiger partial charge in [0.15, 0.2) is 0 Å². The Hall–Kier alpha value is -2.00. The number of anilines is 2. The Morgan fingerprint density at radius 3 is 2.09 bits per heavy atom. The molecule has 0 heterocycles. The molecule has 0 aliphatic heterocycles. The number of aryl methyl sites for hydroxylation is 2. The maximum absolute atomic E-state index is 12.2. The highest BCUT2D eigenvalue weighted by molar-refractivity contribution is 6.31. The summed E-state index contributed by atoms with van der Waals surface area (Å²) < 4.78 is 0. The lowest BCUT2D eigenvalue weighted by Gasteiger charge is -2.14. The average Bonchev–Trinajstić information content (AvgIpc) is 2.45. The minimum Gasteiger partial charge on any atom is -0.307 e. The van der Waals surface area contributed by atoms with Crippen molar-refractivity contribution in [3.63, 3.8) is 0 Å². The highest BCUT2D eigenvalue weighted by Gasteiger charge is 2.09. The van der Waals surface area contributed by atoms with Gasteiger partial charge < -0.3 is 10.6 Å². The normalized spacial score (nSPS) is 10.6. The van der Waals surface area contributed by atoms with Crippen molar-refractivity contribution in [1.82, 2.24) is 0 Å². The minimum atomic E-state index is -0.269. The predicted molar refractivity (Wildman–Crippen MR) is 94.1 cm³/mol. The quantitative estimate of drug-likeness (QED) is 0.746. The Bertz CT molecular complexity index is 695. The van der Waals surface area contributed by atoms with Gasteiger partial charge in [0.1, 0.15) is 0 Å². The molecule has 0 aliphatic rings. The van der Waals surface area contributed by atoms with Crippen LogP contribution in [-0.2, 0) is 0 Å². The summed E-state index contributed by atoms with van der Waals surface area (Å²) in [5.41, 5.74) is 4.72. The standard InChI is InChI=1S/C18H21ClN2O/c1-11(2)14-7-5-12(3)16(9-14)20-18(22)21-17-10-15(19)8-6-13(17)4/h5-11H,1-4H3,(H2,20,21,22). The van der Waals surface area contributed by atoms with Crippen molar-refractivity contribution in [1.29, 1.82) is 0 Å². The third-order valence-electron chi connectivity index (χ3n) is 3.62. The van der Waals surface area contributed by atoms with E-state index in [4.69, 9.17) is 11.6 Å². The maximum atomic E-state index is 12.2. The molecule has 116 valence electrons. The van der Waals surface area contributed by atoms with E-state index in [-0.39, 0.29) is 6.03 Å². The minimum absolute atomic E-state index is 0.269. The zero-order valence-corrected chi connectivity index (χ0v) is 14.1. The van der Waals surface area contributed by atoms with Crippen molar-refractivity contribution in [3.05, 3.63) is 58.1 Å². The highest BCUT2D eigenvalue weighted by atomic mass is 35.5. The van der Waals surface area contributed by atoms with Crippen LogP contribution in [0.3, 0.4) is 0 Å². The molecular weight excluding hydrogens is 296 g/mol. The monoisotopic (exact) mass is 316 g/mol. The molecule has 2 N–H and O–H groups in total. The smallest absolute Gasteiger partial charge is 0.307 e. The van der Waals surface area contributed by atoms with Crippen LogP contribution in [-0.4, -0.2) is 6.03 Å². The van der Waals surface area contributed by atoms with Gasteiger partial charge in [-0.15, -0.1) is 0 Å². The fourth-order valence-electron chi connectivity index (χ4n) is 2.14. The van der Waals surface area contributed by atoms with Crippen LogP contribution in [0.5, 0.6) is 0 Å². The van der Waals surface area contributed by atoms with Gasteiger partial charge in [0, 0.05) is 16.4 Å². The first-order valence-electron chi connectivity index (χ1n) is 7.31. The van der Waals surface area contributed by atoms with Crippen LogP contribution < -0.4 is 10.6 Å². The molecule has 2 aromatic rings. The number of rotatable bonds is 3. The number of urea groups is 1. The molecule has 0 fully saturated rings. The lowest BCUT2D eigenvalue weighted by atomic mass is 10.0. The van der Waals surface area contributed by atoms with Crippen LogP contribution in [0.4, 0.5) is 16.2 Å². The molecule has 0 spiro atoms. The van der Waals surface area contributed by atoms with Gasteiger partial charge in [0.05, 0.1) is 0 Å². The summed E-state index contributed by atoms with van der Waals surface area (Å²) in [4.78, 5) is 12.2. The molecule has 0 atom stereocenters. The Balaban J connectivity index is 2.15. The van der Waals surface area contributed by atoms with E-state index < -0.39 is 0 Å². The number of benzene rings is 2. The molecule has 2 rings (SSSR count). The molecule has 2 aromatic carbocycles. The third-order valence-corrected chi connectivity index (χ3v) is 3.86. The third kappa shape index (κ3) is 4.01. The number of carbonyl (C=O) groups is 1. The van der Waals surface area contributed by atoms with Crippen LogP contribution in [0.1, 0.15) is 36.5 Å². The predicted octanol–water partition coefficient (Wildman–Crippen LogP) is 5.72. The van der Waals surface area contributed by atoms with Gasteiger partial charge in [0.25, 0.3) is 0 Å². The van der Waals surface area contributed by atoms with Gasteiger partial charge in [-0.1, -0.05) is 43.6 Å². The zero-order valence-electron chi connectivity index (χ0n) is 13.3. The van der Waals surface area contributed by atoms with Crippen molar-refractivity contribution in [2.24, 2.45) is 0 Å². The molecule has 0 bridgehead atoms. The fourth-order valence-corrected chi connectivity index (χ4v) is 2.31. The lowest BCUT2D eigenvalue weighted by molar-refractivity contribution is 0.262. The fraction of sp³-hybridized carbons (Fsp3) is 0.278. The molecule has 0 unspecified atom stereocenters. The largest absolute Gasteiger partial charge is 0.323 e. The van der Waals surface area contributed by atoms with Crippen molar-refractivity contribution in [2.45, 2.75) is 33.6 Å². The van der Waals surface area contributed by atoms with Crippen molar-refractivity contribution < 1.29 is 4.79 Å². The number of hydrogen-bond donors (Lipinski definition) is 2. The van der Waals surface area contributed by atoms with Gasteiger partial charge in [0.2, 0.25) is 0 Å². The Morgan fingerprint density at radius 2 is 1.50 bits per heavy atom. The van der Waals surface area contributed by atoms with Gasteiger partial charge in [-0.05, 0) is 54.7 Å². The summed E-state index contributed by atoms with van der Waals surface area (Å²) >= 11 is 5.97. The first-order valence-corrected chi connectivity index (χ1v) is 7.69. The van der Waals surface area contributed by atoms with E-state index in [0.29, 0.717) is 16.6 Å². The zero-order chi connectivity index (χ0) is 16.3. The van der Waals surface area contributed by atoms with Crippen molar-refractivity contribution in [2.75, 3.05) is 10.6 Å². The van der Waals surface area contributed by atoms with Crippen LogP contribution in [0.15, 0.2) is 36.4 Å². The lowest BCUT2D eigenvalue weighted by Crippen LogP contribution is -2.20. The topological polar surface area (TPSA) is 41.1 Å². The molecule has 0 saturated heterocycles. The average molecular weight is 317 g/mol. The van der Waals surface area contributed by atoms with Gasteiger partial charge >= 0.3 is 6.03 Å². The summed E-state index contributed by atoms with van der Waals surface area (Å²) in [6, 6.07) is 11.3. The second-order valence-electron chi connectivity index (χ2n) is 5.77. The number of amides is 2. The Kier molecular flexibility index (Phi) is 5.09. The van der Waals surface area contributed by atoms with E-state index in [1.165, 1.54) is 5.56 Å². The Labute approximate surface area is 136 Å². The number of carbonyl (C=O) groups excluding carboxylic acids is 1. The van der Waals surface area contributed by atoms with Crippen LogP contribution in [0, 0.1) is 13.8 Å². The van der Waals surface area contributed by atoms with E-state index in [2.05, 4.69) is 30.5 Å². The van der Waals surface area contributed by atoms with Gasteiger partial charge in [-0.25, -0.2) is 4.79 Å².